The maximum absolute atomic E-state index is 12.1. The standard InChI is InChI=1S/C12H13Cl2N5O/c1-6-9(7(2)19(3)18-6)5-15-12(20)8-4-10(13)16-17-11(8)14/h4H,5H2,1-3H3,(H,15,20). The van der Waals surface area contributed by atoms with Gasteiger partial charge in [0.15, 0.2) is 10.3 Å². The summed E-state index contributed by atoms with van der Waals surface area (Å²) in [4.78, 5) is 12.1. The first-order valence-electron chi connectivity index (χ1n) is 5.86. The third-order valence-corrected chi connectivity index (χ3v) is 3.51. The van der Waals surface area contributed by atoms with Crippen molar-refractivity contribution in [3.8, 4) is 0 Å². The smallest absolute Gasteiger partial charge is 0.254 e. The van der Waals surface area contributed by atoms with Crippen LogP contribution in [0.25, 0.3) is 0 Å². The average molecular weight is 314 g/mol. The summed E-state index contributed by atoms with van der Waals surface area (Å²) in [6.45, 7) is 4.20. The number of carbonyl (C=O) groups is 1. The minimum Gasteiger partial charge on any atom is -0.348 e. The largest absolute Gasteiger partial charge is 0.348 e. The molecular formula is C12H13Cl2N5O. The quantitative estimate of drug-likeness (QED) is 0.941. The first-order chi connectivity index (χ1) is 9.40. The lowest BCUT2D eigenvalue weighted by atomic mass is 10.2. The Kier molecular flexibility index (Phi) is 4.25. The van der Waals surface area contributed by atoms with Gasteiger partial charge >= 0.3 is 0 Å². The van der Waals surface area contributed by atoms with Crippen LogP contribution < -0.4 is 5.32 Å². The van der Waals surface area contributed by atoms with Crippen LogP contribution in [-0.2, 0) is 13.6 Å². The molecule has 0 spiro atoms. The topological polar surface area (TPSA) is 72.7 Å². The van der Waals surface area contributed by atoms with Gasteiger partial charge in [0.2, 0.25) is 0 Å². The van der Waals surface area contributed by atoms with E-state index in [2.05, 4.69) is 20.6 Å². The fraction of sp³-hybridized carbons (Fsp3) is 0.333. The van der Waals surface area contributed by atoms with E-state index in [1.807, 2.05) is 20.9 Å². The van der Waals surface area contributed by atoms with Gasteiger partial charge in [-0.15, -0.1) is 10.2 Å². The molecule has 0 bridgehead atoms. The van der Waals surface area contributed by atoms with Gasteiger partial charge in [-0.1, -0.05) is 23.2 Å². The van der Waals surface area contributed by atoms with Crippen LogP contribution in [-0.4, -0.2) is 25.9 Å². The maximum Gasteiger partial charge on any atom is 0.254 e. The maximum atomic E-state index is 12.1. The summed E-state index contributed by atoms with van der Waals surface area (Å²) >= 11 is 11.5. The molecule has 2 aromatic heterocycles. The summed E-state index contributed by atoms with van der Waals surface area (Å²) in [5.74, 6) is -0.352. The highest BCUT2D eigenvalue weighted by atomic mass is 35.5. The summed E-state index contributed by atoms with van der Waals surface area (Å²) in [5.41, 5.74) is 3.05. The molecule has 0 fully saturated rings. The fourth-order valence-electron chi connectivity index (χ4n) is 1.85. The van der Waals surface area contributed by atoms with Crippen LogP contribution in [0.1, 0.15) is 27.3 Å². The molecule has 0 aliphatic heterocycles. The molecule has 106 valence electrons. The lowest BCUT2D eigenvalue weighted by Crippen LogP contribution is -2.24. The van der Waals surface area contributed by atoms with Crippen molar-refractivity contribution in [2.24, 2.45) is 7.05 Å². The summed E-state index contributed by atoms with van der Waals surface area (Å²) in [6, 6.07) is 1.38. The molecule has 6 nitrogen and oxygen atoms in total. The first kappa shape index (κ1) is 14.7. The highest BCUT2D eigenvalue weighted by Crippen LogP contribution is 2.16. The molecule has 1 N–H and O–H groups in total. The number of hydrogen-bond acceptors (Lipinski definition) is 4. The van der Waals surface area contributed by atoms with Crippen LogP contribution in [0.4, 0.5) is 0 Å². The van der Waals surface area contributed by atoms with Gasteiger partial charge in [0.05, 0.1) is 11.3 Å². The van der Waals surface area contributed by atoms with Crippen molar-refractivity contribution in [3.63, 3.8) is 0 Å². The molecule has 0 aliphatic carbocycles. The lowest BCUT2D eigenvalue weighted by molar-refractivity contribution is 0.0950. The van der Waals surface area contributed by atoms with Gasteiger partial charge in [0.1, 0.15) is 0 Å². The fourth-order valence-corrected chi connectivity index (χ4v) is 2.17. The molecule has 1 amide bonds. The SMILES string of the molecule is Cc1nn(C)c(C)c1CNC(=O)c1cc(Cl)nnc1Cl. The molecule has 0 saturated heterocycles. The Labute approximate surface area is 126 Å². The second-order valence-corrected chi connectivity index (χ2v) is 5.07. The van der Waals surface area contributed by atoms with Crippen molar-refractivity contribution in [1.82, 2.24) is 25.3 Å². The molecular weight excluding hydrogens is 301 g/mol. The van der Waals surface area contributed by atoms with Gasteiger partial charge in [-0.3, -0.25) is 9.48 Å². The van der Waals surface area contributed by atoms with Crippen molar-refractivity contribution in [3.05, 3.63) is 38.9 Å². The van der Waals surface area contributed by atoms with E-state index in [0.717, 1.165) is 17.0 Å². The zero-order valence-electron chi connectivity index (χ0n) is 11.2. The van der Waals surface area contributed by atoms with Crippen molar-refractivity contribution in [2.75, 3.05) is 0 Å². The number of aryl methyl sites for hydroxylation is 2. The molecule has 0 atom stereocenters. The Balaban J connectivity index is 2.15. The van der Waals surface area contributed by atoms with Crippen LogP contribution in [0.5, 0.6) is 0 Å². The Bertz CT molecular complexity index is 668. The number of aromatic nitrogens is 4. The van der Waals surface area contributed by atoms with Crippen LogP contribution in [0, 0.1) is 13.8 Å². The minimum absolute atomic E-state index is 0.0199. The zero-order valence-corrected chi connectivity index (χ0v) is 12.7. The van der Waals surface area contributed by atoms with Gasteiger partial charge in [0, 0.05) is 24.8 Å². The van der Waals surface area contributed by atoms with E-state index >= 15 is 0 Å². The number of halogens is 2. The third-order valence-electron chi connectivity index (χ3n) is 3.05. The van der Waals surface area contributed by atoms with Crippen LogP contribution in [0.15, 0.2) is 6.07 Å². The van der Waals surface area contributed by atoms with Crippen molar-refractivity contribution >= 4 is 29.1 Å². The van der Waals surface area contributed by atoms with Crippen LogP contribution in [0.3, 0.4) is 0 Å². The van der Waals surface area contributed by atoms with Crippen LogP contribution >= 0.6 is 23.2 Å². The number of amides is 1. The van der Waals surface area contributed by atoms with E-state index in [-0.39, 0.29) is 21.8 Å². The third kappa shape index (κ3) is 2.91. The van der Waals surface area contributed by atoms with E-state index in [1.165, 1.54) is 6.07 Å². The van der Waals surface area contributed by atoms with Gasteiger partial charge in [0.25, 0.3) is 5.91 Å². The van der Waals surface area contributed by atoms with E-state index in [9.17, 15) is 4.79 Å². The van der Waals surface area contributed by atoms with Crippen molar-refractivity contribution in [2.45, 2.75) is 20.4 Å². The Morgan fingerprint density at radius 3 is 2.65 bits per heavy atom. The highest BCUT2D eigenvalue weighted by Gasteiger charge is 2.15. The predicted octanol–water partition coefficient (Wildman–Crippen LogP) is 2.06. The van der Waals surface area contributed by atoms with Crippen LogP contribution in [0.2, 0.25) is 10.3 Å². The van der Waals surface area contributed by atoms with E-state index in [1.54, 1.807) is 4.68 Å². The van der Waals surface area contributed by atoms with Gasteiger partial charge in [-0.25, -0.2) is 0 Å². The Morgan fingerprint density at radius 2 is 2.05 bits per heavy atom. The Morgan fingerprint density at radius 1 is 1.35 bits per heavy atom. The summed E-state index contributed by atoms with van der Waals surface area (Å²) in [7, 11) is 1.86. The second kappa shape index (κ2) is 5.76. The summed E-state index contributed by atoms with van der Waals surface area (Å²) in [6.07, 6.45) is 0. The molecule has 0 radical (unpaired) electrons. The molecule has 2 heterocycles. The average Bonchev–Trinajstić information content (AvgIpc) is 2.64. The number of nitrogens with zero attached hydrogens (tertiary/aromatic N) is 4. The Hall–Kier alpha value is -1.66. The molecule has 0 aliphatic rings. The molecule has 2 rings (SSSR count). The van der Waals surface area contributed by atoms with E-state index < -0.39 is 0 Å². The molecule has 0 unspecified atom stereocenters. The number of rotatable bonds is 3. The van der Waals surface area contributed by atoms with E-state index in [0.29, 0.717) is 6.54 Å². The predicted molar refractivity (Wildman–Crippen MR) is 75.9 cm³/mol. The highest BCUT2D eigenvalue weighted by molar-refractivity contribution is 6.34. The second-order valence-electron chi connectivity index (χ2n) is 4.33. The molecule has 8 heteroatoms. The molecule has 0 saturated carbocycles. The normalized spacial score (nSPS) is 10.7. The first-order valence-corrected chi connectivity index (χ1v) is 6.61. The number of hydrogen-bond donors (Lipinski definition) is 1. The minimum atomic E-state index is -0.352. The summed E-state index contributed by atoms with van der Waals surface area (Å²) < 4.78 is 1.77. The van der Waals surface area contributed by atoms with Gasteiger partial charge < -0.3 is 5.32 Å². The molecule has 2 aromatic rings. The van der Waals surface area contributed by atoms with Crippen molar-refractivity contribution in [1.29, 1.82) is 0 Å². The lowest BCUT2D eigenvalue weighted by Gasteiger charge is -2.06. The van der Waals surface area contributed by atoms with Gasteiger partial charge in [-0.2, -0.15) is 5.10 Å². The molecule has 20 heavy (non-hydrogen) atoms. The monoisotopic (exact) mass is 313 g/mol. The number of nitrogens with one attached hydrogen (secondary N) is 1. The van der Waals surface area contributed by atoms with Gasteiger partial charge in [-0.05, 0) is 19.9 Å². The molecule has 0 aromatic carbocycles. The summed E-state index contributed by atoms with van der Waals surface area (Å²) in [5, 5.41) is 14.4. The zero-order chi connectivity index (χ0) is 14.9. The number of carbonyl (C=O) groups excluding carboxylic acids is 1. The van der Waals surface area contributed by atoms with E-state index in [4.69, 9.17) is 23.2 Å². The van der Waals surface area contributed by atoms with Crippen molar-refractivity contribution < 1.29 is 4.79 Å².